The van der Waals surface area contributed by atoms with Crippen molar-refractivity contribution in [2.75, 3.05) is 13.2 Å². The van der Waals surface area contributed by atoms with Gasteiger partial charge in [0.15, 0.2) is 4.77 Å². The number of aromatic amines is 1. The van der Waals surface area contributed by atoms with Gasteiger partial charge in [-0.3, -0.25) is 0 Å². The predicted octanol–water partition coefficient (Wildman–Crippen LogP) is 2.28. The van der Waals surface area contributed by atoms with E-state index in [1.807, 2.05) is 20.0 Å². The van der Waals surface area contributed by atoms with Crippen LogP contribution in [0.15, 0.2) is 6.20 Å². The van der Waals surface area contributed by atoms with Gasteiger partial charge < -0.3 is 14.3 Å². The molecule has 0 saturated carbocycles. The van der Waals surface area contributed by atoms with E-state index < -0.39 is 0 Å². The maximum absolute atomic E-state index is 5.25. The number of nitrogens with zero attached hydrogens (tertiary/aromatic N) is 1. The van der Waals surface area contributed by atoms with Crippen molar-refractivity contribution in [2.45, 2.75) is 26.8 Å². The summed E-state index contributed by atoms with van der Waals surface area (Å²) in [7, 11) is 0. The van der Waals surface area contributed by atoms with E-state index in [1.165, 1.54) is 5.69 Å². The molecule has 0 aliphatic heterocycles. The molecule has 1 aromatic heterocycles. The van der Waals surface area contributed by atoms with Crippen molar-refractivity contribution in [3.05, 3.63) is 16.7 Å². The summed E-state index contributed by atoms with van der Waals surface area (Å²) in [6.45, 7) is 6.59. The van der Waals surface area contributed by atoms with Crippen LogP contribution in [0.5, 0.6) is 0 Å². The van der Waals surface area contributed by atoms with Crippen LogP contribution in [-0.4, -0.2) is 22.8 Å². The highest BCUT2D eigenvalue weighted by Crippen LogP contribution is 2.01. The van der Waals surface area contributed by atoms with Crippen molar-refractivity contribution in [1.82, 2.24) is 9.55 Å². The quantitative estimate of drug-likeness (QED) is 0.584. The second-order valence-electron chi connectivity index (χ2n) is 2.94. The molecule has 1 rings (SSSR count). The number of aryl methyl sites for hydroxylation is 1. The van der Waals surface area contributed by atoms with Gasteiger partial charge in [0.05, 0.1) is 0 Å². The van der Waals surface area contributed by atoms with E-state index in [2.05, 4.69) is 9.55 Å². The zero-order valence-corrected chi connectivity index (χ0v) is 8.99. The molecular weight excluding hydrogens is 184 g/mol. The third kappa shape index (κ3) is 2.97. The van der Waals surface area contributed by atoms with E-state index in [-0.39, 0.29) is 0 Å². The van der Waals surface area contributed by atoms with Crippen molar-refractivity contribution in [3.8, 4) is 0 Å². The molecule has 0 spiro atoms. The topological polar surface area (TPSA) is 29.9 Å². The third-order valence-electron chi connectivity index (χ3n) is 1.95. The van der Waals surface area contributed by atoms with Crippen LogP contribution in [0.3, 0.4) is 0 Å². The van der Waals surface area contributed by atoms with Crippen molar-refractivity contribution in [2.24, 2.45) is 0 Å². The fourth-order valence-corrected chi connectivity index (χ4v) is 1.52. The van der Waals surface area contributed by atoms with Gasteiger partial charge in [-0.1, -0.05) is 0 Å². The van der Waals surface area contributed by atoms with Gasteiger partial charge in [0.1, 0.15) is 0 Å². The zero-order chi connectivity index (χ0) is 9.68. The smallest absolute Gasteiger partial charge is 0.177 e. The molecular formula is C9H16N2OS. The van der Waals surface area contributed by atoms with Crippen LogP contribution < -0.4 is 0 Å². The summed E-state index contributed by atoms with van der Waals surface area (Å²) in [4.78, 5) is 3.01. The molecule has 1 heterocycles. The number of hydrogen-bond acceptors (Lipinski definition) is 2. The number of rotatable bonds is 5. The minimum atomic E-state index is 0.789. The molecule has 0 amide bonds. The van der Waals surface area contributed by atoms with E-state index in [9.17, 15) is 0 Å². The first kappa shape index (κ1) is 10.5. The van der Waals surface area contributed by atoms with Crippen molar-refractivity contribution in [3.63, 3.8) is 0 Å². The maximum atomic E-state index is 5.25. The molecule has 4 heteroatoms. The lowest BCUT2D eigenvalue weighted by molar-refractivity contribution is 0.141. The van der Waals surface area contributed by atoms with E-state index >= 15 is 0 Å². The molecule has 0 aliphatic carbocycles. The number of aromatic nitrogens is 2. The van der Waals surface area contributed by atoms with E-state index in [0.29, 0.717) is 0 Å². The average molecular weight is 200 g/mol. The average Bonchev–Trinajstić information content (AvgIpc) is 2.42. The summed E-state index contributed by atoms with van der Waals surface area (Å²) >= 11 is 5.12. The number of nitrogens with one attached hydrogen (secondary N) is 1. The first-order valence-electron chi connectivity index (χ1n) is 4.58. The van der Waals surface area contributed by atoms with Gasteiger partial charge in [0, 0.05) is 31.6 Å². The molecule has 0 fully saturated rings. The van der Waals surface area contributed by atoms with E-state index in [0.717, 1.165) is 31.0 Å². The summed E-state index contributed by atoms with van der Waals surface area (Å²) in [5.74, 6) is 0. The summed E-state index contributed by atoms with van der Waals surface area (Å²) in [6, 6.07) is 0. The van der Waals surface area contributed by atoms with Gasteiger partial charge in [-0.05, 0) is 32.5 Å². The molecule has 0 radical (unpaired) electrons. The second-order valence-corrected chi connectivity index (χ2v) is 3.32. The lowest BCUT2D eigenvalue weighted by atomic mass is 10.4. The highest BCUT2D eigenvalue weighted by atomic mass is 32.1. The number of ether oxygens (including phenoxy) is 1. The normalized spacial score (nSPS) is 10.6. The number of H-pyrrole nitrogens is 1. The van der Waals surface area contributed by atoms with Gasteiger partial charge in [0.2, 0.25) is 0 Å². The summed E-state index contributed by atoms with van der Waals surface area (Å²) in [6.07, 6.45) is 2.95. The van der Waals surface area contributed by atoms with Gasteiger partial charge in [-0.15, -0.1) is 0 Å². The highest BCUT2D eigenvalue weighted by molar-refractivity contribution is 7.71. The number of hydrogen-bond donors (Lipinski definition) is 1. The minimum Gasteiger partial charge on any atom is -0.382 e. The number of imidazole rings is 1. The summed E-state index contributed by atoms with van der Waals surface area (Å²) < 4.78 is 8.15. The fraction of sp³-hybridized carbons (Fsp3) is 0.667. The largest absolute Gasteiger partial charge is 0.382 e. The maximum Gasteiger partial charge on any atom is 0.177 e. The molecule has 0 atom stereocenters. The Morgan fingerprint density at radius 1 is 1.62 bits per heavy atom. The third-order valence-corrected chi connectivity index (χ3v) is 2.29. The van der Waals surface area contributed by atoms with E-state index in [1.54, 1.807) is 0 Å². The predicted molar refractivity (Wildman–Crippen MR) is 55.5 cm³/mol. The van der Waals surface area contributed by atoms with Crippen molar-refractivity contribution < 1.29 is 4.74 Å². The Morgan fingerprint density at radius 3 is 2.92 bits per heavy atom. The Labute approximate surface area is 83.7 Å². The first-order valence-corrected chi connectivity index (χ1v) is 4.99. The van der Waals surface area contributed by atoms with Crippen LogP contribution in [0.4, 0.5) is 0 Å². The Balaban J connectivity index is 2.40. The molecule has 0 unspecified atom stereocenters. The van der Waals surface area contributed by atoms with Crippen LogP contribution in [0, 0.1) is 11.7 Å². The second kappa shape index (κ2) is 5.19. The molecule has 3 nitrogen and oxygen atoms in total. The van der Waals surface area contributed by atoms with Crippen LogP contribution >= 0.6 is 12.2 Å². The van der Waals surface area contributed by atoms with Crippen molar-refractivity contribution in [1.29, 1.82) is 0 Å². The van der Waals surface area contributed by atoms with Crippen LogP contribution in [0.25, 0.3) is 0 Å². The molecule has 74 valence electrons. The molecule has 0 aromatic carbocycles. The molecule has 1 N–H and O–H groups in total. The molecule has 1 aromatic rings. The molecule has 13 heavy (non-hydrogen) atoms. The Hall–Kier alpha value is -0.610. The SMILES string of the molecule is CCOCCCn1c(C)c[nH]c1=S. The van der Waals surface area contributed by atoms with Crippen LogP contribution in [0.2, 0.25) is 0 Å². The lowest BCUT2D eigenvalue weighted by Gasteiger charge is -2.04. The van der Waals surface area contributed by atoms with Gasteiger partial charge >= 0.3 is 0 Å². The Kier molecular flexibility index (Phi) is 4.18. The first-order chi connectivity index (χ1) is 6.25. The Bertz CT molecular complexity index is 303. The van der Waals surface area contributed by atoms with Crippen molar-refractivity contribution >= 4 is 12.2 Å². The zero-order valence-electron chi connectivity index (χ0n) is 8.17. The molecule has 0 aliphatic rings. The summed E-state index contributed by atoms with van der Waals surface area (Å²) in [5.41, 5.74) is 1.18. The molecule has 0 bridgehead atoms. The minimum absolute atomic E-state index is 0.789. The lowest BCUT2D eigenvalue weighted by Crippen LogP contribution is -2.04. The van der Waals surface area contributed by atoms with E-state index in [4.69, 9.17) is 17.0 Å². The highest BCUT2D eigenvalue weighted by Gasteiger charge is 1.97. The van der Waals surface area contributed by atoms with Gasteiger partial charge in [-0.2, -0.15) is 0 Å². The standard InChI is InChI=1S/C9H16N2OS/c1-3-12-6-4-5-11-8(2)7-10-9(11)13/h7H,3-6H2,1-2H3,(H,10,13). The van der Waals surface area contributed by atoms with Gasteiger partial charge in [-0.25, -0.2) is 0 Å². The van der Waals surface area contributed by atoms with Crippen LogP contribution in [-0.2, 0) is 11.3 Å². The summed E-state index contributed by atoms with van der Waals surface area (Å²) in [5, 5.41) is 0. The molecule has 0 saturated heterocycles. The van der Waals surface area contributed by atoms with Gasteiger partial charge in [0.25, 0.3) is 0 Å². The monoisotopic (exact) mass is 200 g/mol. The Morgan fingerprint density at radius 2 is 2.38 bits per heavy atom. The fourth-order valence-electron chi connectivity index (χ4n) is 1.23. The van der Waals surface area contributed by atoms with Crippen LogP contribution in [0.1, 0.15) is 19.0 Å².